The molecule has 5 nitrogen and oxygen atoms in total. The molecule has 0 unspecified atom stereocenters. The van der Waals surface area contributed by atoms with Gasteiger partial charge in [-0.25, -0.2) is 8.78 Å². The zero-order valence-corrected chi connectivity index (χ0v) is 14.7. The molecule has 4 rings (SSSR count). The number of aryl methyl sites for hydroxylation is 1. The highest BCUT2D eigenvalue weighted by Crippen LogP contribution is 2.34. The van der Waals surface area contributed by atoms with Crippen LogP contribution < -0.4 is 0 Å². The number of hydrogen-bond donors (Lipinski definition) is 0. The largest absolute Gasteiger partial charge is 0.337 e. The molecule has 0 aliphatic carbocycles. The molecule has 2 aromatic carbocycles. The molecular formula is C20H17F2N3O2. The van der Waals surface area contributed by atoms with Crippen LogP contribution in [0.5, 0.6) is 0 Å². The normalized spacial score (nSPS) is 16.7. The molecule has 2 heterocycles. The van der Waals surface area contributed by atoms with Crippen molar-refractivity contribution >= 4 is 5.91 Å². The molecule has 138 valence electrons. The first-order chi connectivity index (χ1) is 13.0. The van der Waals surface area contributed by atoms with Crippen LogP contribution in [0.15, 0.2) is 47.0 Å². The van der Waals surface area contributed by atoms with Gasteiger partial charge in [-0.1, -0.05) is 35.0 Å². The zero-order valence-electron chi connectivity index (χ0n) is 14.7. The molecule has 1 aliphatic heterocycles. The van der Waals surface area contributed by atoms with Gasteiger partial charge in [0.25, 0.3) is 5.91 Å². The van der Waals surface area contributed by atoms with Crippen LogP contribution in [0.4, 0.5) is 8.78 Å². The molecule has 7 heteroatoms. The fourth-order valence-corrected chi connectivity index (χ4v) is 3.38. The third-order valence-corrected chi connectivity index (χ3v) is 4.69. The van der Waals surface area contributed by atoms with Crippen LogP contribution >= 0.6 is 0 Å². The van der Waals surface area contributed by atoms with Gasteiger partial charge >= 0.3 is 0 Å². The van der Waals surface area contributed by atoms with E-state index in [-0.39, 0.29) is 5.89 Å². The maximum atomic E-state index is 14.0. The Morgan fingerprint density at radius 3 is 2.67 bits per heavy atom. The van der Waals surface area contributed by atoms with Crippen molar-refractivity contribution in [3.8, 4) is 11.4 Å². The van der Waals surface area contributed by atoms with Crippen LogP contribution in [-0.2, 0) is 0 Å². The SMILES string of the molecule is Cc1cccc(-c2noc([C@@H]3CCCN3C(=O)c3c(F)cccc3F)n2)c1. The molecule has 0 radical (unpaired) electrons. The number of aromatic nitrogens is 2. The van der Waals surface area contributed by atoms with Crippen molar-refractivity contribution in [3.05, 3.63) is 71.1 Å². The Hall–Kier alpha value is -3.09. The number of carbonyl (C=O) groups is 1. The molecular weight excluding hydrogens is 352 g/mol. The summed E-state index contributed by atoms with van der Waals surface area (Å²) in [6, 6.07) is 10.5. The highest BCUT2D eigenvalue weighted by molar-refractivity contribution is 5.95. The molecule has 1 aromatic heterocycles. The quantitative estimate of drug-likeness (QED) is 0.691. The van der Waals surface area contributed by atoms with Crippen molar-refractivity contribution in [2.24, 2.45) is 0 Å². The molecule has 1 aliphatic rings. The highest BCUT2D eigenvalue weighted by atomic mass is 19.1. The Morgan fingerprint density at radius 1 is 1.19 bits per heavy atom. The van der Waals surface area contributed by atoms with E-state index < -0.39 is 29.1 Å². The van der Waals surface area contributed by atoms with Gasteiger partial charge in [0.05, 0.1) is 0 Å². The Bertz CT molecular complexity index is 982. The van der Waals surface area contributed by atoms with Crippen molar-refractivity contribution in [2.75, 3.05) is 6.54 Å². The lowest BCUT2D eigenvalue weighted by molar-refractivity contribution is 0.0700. The van der Waals surface area contributed by atoms with Crippen molar-refractivity contribution in [2.45, 2.75) is 25.8 Å². The summed E-state index contributed by atoms with van der Waals surface area (Å²) in [6.07, 6.45) is 1.28. The van der Waals surface area contributed by atoms with Gasteiger partial charge in [0.1, 0.15) is 23.2 Å². The second-order valence-corrected chi connectivity index (χ2v) is 6.58. The zero-order chi connectivity index (χ0) is 19.0. The summed E-state index contributed by atoms with van der Waals surface area (Å²) in [4.78, 5) is 18.6. The first-order valence-electron chi connectivity index (χ1n) is 8.70. The highest BCUT2D eigenvalue weighted by Gasteiger charge is 2.36. The summed E-state index contributed by atoms with van der Waals surface area (Å²) >= 11 is 0. The summed E-state index contributed by atoms with van der Waals surface area (Å²) < 4.78 is 33.4. The maximum Gasteiger partial charge on any atom is 0.260 e. The number of hydrogen-bond acceptors (Lipinski definition) is 4. The number of halogens is 2. The van der Waals surface area contributed by atoms with Crippen LogP contribution in [0.2, 0.25) is 0 Å². The van der Waals surface area contributed by atoms with Gasteiger partial charge in [-0.15, -0.1) is 0 Å². The minimum Gasteiger partial charge on any atom is -0.337 e. The van der Waals surface area contributed by atoms with E-state index in [2.05, 4.69) is 10.1 Å². The van der Waals surface area contributed by atoms with Crippen molar-refractivity contribution < 1.29 is 18.1 Å². The van der Waals surface area contributed by atoms with Crippen LogP contribution in [0.1, 0.15) is 40.7 Å². The van der Waals surface area contributed by atoms with E-state index >= 15 is 0 Å². The average molecular weight is 369 g/mol. The second kappa shape index (κ2) is 6.90. The third kappa shape index (κ3) is 3.20. The number of amides is 1. The number of carbonyl (C=O) groups excluding carboxylic acids is 1. The first kappa shape index (κ1) is 17.3. The van der Waals surface area contributed by atoms with E-state index in [0.717, 1.165) is 23.3 Å². The van der Waals surface area contributed by atoms with Crippen LogP contribution in [0.3, 0.4) is 0 Å². The Kier molecular flexibility index (Phi) is 4.43. The minimum atomic E-state index is -0.878. The maximum absolute atomic E-state index is 14.0. The molecule has 1 atom stereocenters. The fraction of sp³-hybridized carbons (Fsp3) is 0.250. The molecule has 0 bridgehead atoms. The monoisotopic (exact) mass is 369 g/mol. The molecule has 0 spiro atoms. The van der Waals surface area contributed by atoms with Crippen molar-refractivity contribution in [1.29, 1.82) is 0 Å². The third-order valence-electron chi connectivity index (χ3n) is 4.69. The van der Waals surface area contributed by atoms with Gasteiger partial charge in [-0.3, -0.25) is 4.79 Å². The average Bonchev–Trinajstić information content (AvgIpc) is 3.30. The van der Waals surface area contributed by atoms with Gasteiger partial charge in [0, 0.05) is 12.1 Å². The van der Waals surface area contributed by atoms with E-state index in [1.807, 2.05) is 31.2 Å². The van der Waals surface area contributed by atoms with E-state index in [4.69, 9.17) is 4.52 Å². The summed E-state index contributed by atoms with van der Waals surface area (Å²) in [5.41, 5.74) is 1.32. The summed E-state index contributed by atoms with van der Waals surface area (Å²) in [5, 5.41) is 4.00. The van der Waals surface area contributed by atoms with Gasteiger partial charge < -0.3 is 9.42 Å². The Labute approximate surface area is 154 Å². The van der Waals surface area contributed by atoms with Crippen LogP contribution in [0.25, 0.3) is 11.4 Å². The van der Waals surface area contributed by atoms with Crippen LogP contribution in [0, 0.1) is 18.6 Å². The Balaban J connectivity index is 1.63. The molecule has 27 heavy (non-hydrogen) atoms. The Morgan fingerprint density at radius 2 is 1.93 bits per heavy atom. The predicted octanol–water partition coefficient (Wildman–Crippen LogP) is 4.30. The summed E-state index contributed by atoms with van der Waals surface area (Å²) in [7, 11) is 0. The predicted molar refractivity (Wildman–Crippen MR) is 93.8 cm³/mol. The standard InChI is InChI=1S/C20H17F2N3O2/c1-12-5-2-6-13(11-12)18-23-19(27-24-18)16-9-4-10-25(16)20(26)17-14(21)7-3-8-15(17)22/h2-3,5-8,11,16H,4,9-10H2,1H3/t16-/m0/s1. The van der Waals surface area contributed by atoms with Crippen LogP contribution in [-0.4, -0.2) is 27.5 Å². The second-order valence-electron chi connectivity index (χ2n) is 6.58. The lowest BCUT2D eigenvalue weighted by Gasteiger charge is -2.22. The number of benzene rings is 2. The lowest BCUT2D eigenvalue weighted by Crippen LogP contribution is -2.32. The summed E-state index contributed by atoms with van der Waals surface area (Å²) in [6.45, 7) is 2.34. The molecule has 1 saturated heterocycles. The minimum absolute atomic E-state index is 0.272. The molecule has 1 fully saturated rings. The topological polar surface area (TPSA) is 59.2 Å². The smallest absolute Gasteiger partial charge is 0.260 e. The number of likely N-dealkylation sites (tertiary alicyclic amines) is 1. The van der Waals surface area contributed by atoms with Crippen molar-refractivity contribution in [1.82, 2.24) is 15.0 Å². The van der Waals surface area contributed by atoms with E-state index in [9.17, 15) is 13.6 Å². The molecule has 1 amide bonds. The van der Waals surface area contributed by atoms with Gasteiger partial charge in [-0.05, 0) is 38.0 Å². The first-order valence-corrected chi connectivity index (χ1v) is 8.70. The van der Waals surface area contributed by atoms with Gasteiger partial charge in [0.2, 0.25) is 11.7 Å². The van der Waals surface area contributed by atoms with E-state index in [1.165, 1.54) is 11.0 Å². The lowest BCUT2D eigenvalue weighted by atomic mass is 10.1. The number of nitrogens with zero attached hydrogens (tertiary/aromatic N) is 3. The van der Waals surface area contributed by atoms with Crippen molar-refractivity contribution in [3.63, 3.8) is 0 Å². The summed E-state index contributed by atoms with van der Waals surface area (Å²) in [5.74, 6) is -1.77. The van der Waals surface area contributed by atoms with E-state index in [1.54, 1.807) is 0 Å². The van der Waals surface area contributed by atoms with Gasteiger partial charge in [-0.2, -0.15) is 4.98 Å². The molecule has 3 aromatic rings. The number of rotatable bonds is 3. The molecule has 0 N–H and O–H groups in total. The molecule has 0 saturated carbocycles. The fourth-order valence-electron chi connectivity index (χ4n) is 3.38. The van der Waals surface area contributed by atoms with E-state index in [0.29, 0.717) is 25.2 Å². The van der Waals surface area contributed by atoms with Gasteiger partial charge in [0.15, 0.2) is 0 Å².